The van der Waals surface area contributed by atoms with Crippen LogP contribution in [-0.2, 0) is 16.0 Å². The fraction of sp³-hybridized carbons (Fsp3) is 0.267. The summed E-state index contributed by atoms with van der Waals surface area (Å²) in [4.78, 5) is 17.1. The Kier molecular flexibility index (Phi) is 6.49. The van der Waals surface area contributed by atoms with Crippen LogP contribution in [0.1, 0.15) is 46.6 Å². The fourth-order valence-corrected chi connectivity index (χ4v) is 5.90. The van der Waals surface area contributed by atoms with E-state index in [1.165, 1.54) is 13.2 Å². The van der Waals surface area contributed by atoms with Crippen molar-refractivity contribution in [3.8, 4) is 33.4 Å². The quantitative estimate of drug-likeness (QED) is 0.236. The Labute approximate surface area is 224 Å². The van der Waals surface area contributed by atoms with Gasteiger partial charge in [-0.1, -0.05) is 6.07 Å². The van der Waals surface area contributed by atoms with Gasteiger partial charge in [-0.2, -0.15) is 0 Å². The maximum atomic E-state index is 15.0. The lowest BCUT2D eigenvalue weighted by atomic mass is 9.98. The van der Waals surface area contributed by atoms with Crippen LogP contribution in [0.4, 0.5) is 4.39 Å². The molecule has 6 rings (SSSR count). The molecule has 1 aliphatic carbocycles. The van der Waals surface area contributed by atoms with Crippen molar-refractivity contribution >= 4 is 17.3 Å². The molecule has 0 N–H and O–H groups in total. The molecule has 1 aromatic heterocycles. The van der Waals surface area contributed by atoms with Gasteiger partial charge in [0, 0.05) is 34.9 Å². The van der Waals surface area contributed by atoms with E-state index in [-0.39, 0.29) is 24.1 Å². The summed E-state index contributed by atoms with van der Waals surface area (Å²) in [5.74, 6) is 1.98. The van der Waals surface area contributed by atoms with Crippen molar-refractivity contribution in [2.24, 2.45) is 0 Å². The molecule has 194 valence electrons. The molecule has 0 saturated carbocycles. The molecule has 0 unspecified atom stereocenters. The number of rotatable bonds is 7. The van der Waals surface area contributed by atoms with E-state index in [9.17, 15) is 4.79 Å². The molecule has 0 saturated heterocycles. The molecule has 6 nitrogen and oxygen atoms in total. The van der Waals surface area contributed by atoms with Crippen LogP contribution in [0.3, 0.4) is 0 Å². The molecule has 38 heavy (non-hydrogen) atoms. The number of halogens is 1. The second-order valence-electron chi connectivity index (χ2n) is 9.44. The topological polar surface area (TPSA) is 66.9 Å². The zero-order valence-corrected chi connectivity index (χ0v) is 21.8. The molecule has 0 fully saturated rings. The van der Waals surface area contributed by atoms with Gasteiger partial charge in [-0.3, -0.25) is 4.79 Å². The number of nitrogens with zero attached hydrogens (tertiary/aromatic N) is 1. The smallest absolute Gasteiger partial charge is 0.306 e. The molecule has 0 spiro atoms. The fourth-order valence-electron chi connectivity index (χ4n) is 5.11. The molecule has 3 aromatic carbocycles. The standard InChI is InChI=1S/C30H26FNO5S/c1-17-32-15-28(38-17)18-3-5-20(6-4-18)36-25-12-10-24(31)30-23(25)9-11-26(30)37-21-7-8-22-19(13-29(33)34-2)16-35-27(22)14-21/h3-8,10,12,14-15,19,26H,9,11,13,16H2,1-2H3/t19-,26-/m1/s1. The summed E-state index contributed by atoms with van der Waals surface area (Å²) in [5, 5.41) is 1.02. The van der Waals surface area contributed by atoms with E-state index in [0.29, 0.717) is 48.0 Å². The van der Waals surface area contributed by atoms with Crippen molar-refractivity contribution in [3.05, 3.63) is 88.3 Å². The number of thiazole rings is 1. The SMILES string of the molecule is COC(=O)C[C@@H]1COc2cc(O[C@@H]3CCc4c(Oc5ccc(-c6cnc(C)s6)cc5)ccc(F)c43)ccc21. The molecule has 2 aliphatic rings. The van der Waals surface area contributed by atoms with Crippen LogP contribution in [0.15, 0.2) is 60.8 Å². The minimum absolute atomic E-state index is 0.0454. The molecule has 2 atom stereocenters. The number of benzene rings is 3. The number of carbonyl (C=O) groups excluding carboxylic acids is 1. The summed E-state index contributed by atoms with van der Waals surface area (Å²) >= 11 is 1.65. The number of esters is 1. The maximum absolute atomic E-state index is 15.0. The minimum atomic E-state index is -0.434. The second kappa shape index (κ2) is 10.1. The number of hydrogen-bond donors (Lipinski definition) is 0. The van der Waals surface area contributed by atoms with Crippen LogP contribution in [0, 0.1) is 12.7 Å². The third-order valence-electron chi connectivity index (χ3n) is 7.01. The normalized spacial score (nSPS) is 17.4. The third kappa shape index (κ3) is 4.72. The van der Waals surface area contributed by atoms with E-state index in [2.05, 4.69) is 4.98 Å². The summed E-state index contributed by atoms with van der Waals surface area (Å²) in [6, 6.07) is 16.5. The number of hydrogen-bond acceptors (Lipinski definition) is 7. The van der Waals surface area contributed by atoms with Gasteiger partial charge in [0.05, 0.1) is 30.0 Å². The number of fused-ring (bicyclic) bond motifs is 2. The number of ether oxygens (including phenoxy) is 4. The lowest BCUT2D eigenvalue weighted by Crippen LogP contribution is -2.09. The van der Waals surface area contributed by atoms with E-state index >= 15 is 4.39 Å². The van der Waals surface area contributed by atoms with Crippen molar-refractivity contribution in [2.75, 3.05) is 13.7 Å². The highest BCUT2D eigenvalue weighted by Gasteiger charge is 2.32. The zero-order chi connectivity index (χ0) is 26.2. The molecule has 1 aliphatic heterocycles. The van der Waals surface area contributed by atoms with E-state index in [0.717, 1.165) is 26.6 Å². The van der Waals surface area contributed by atoms with Crippen LogP contribution in [-0.4, -0.2) is 24.7 Å². The van der Waals surface area contributed by atoms with Gasteiger partial charge in [0.25, 0.3) is 0 Å². The summed E-state index contributed by atoms with van der Waals surface area (Å²) in [6.45, 7) is 2.40. The molecule has 0 amide bonds. The molecular weight excluding hydrogens is 505 g/mol. The van der Waals surface area contributed by atoms with Gasteiger partial charge in [-0.25, -0.2) is 9.37 Å². The van der Waals surface area contributed by atoms with Gasteiger partial charge >= 0.3 is 5.97 Å². The molecule has 0 radical (unpaired) electrons. The average molecular weight is 532 g/mol. The van der Waals surface area contributed by atoms with Crippen molar-refractivity contribution in [1.29, 1.82) is 0 Å². The van der Waals surface area contributed by atoms with E-state index in [4.69, 9.17) is 18.9 Å². The molecule has 0 bridgehead atoms. The van der Waals surface area contributed by atoms with Gasteiger partial charge in [0.15, 0.2) is 0 Å². The maximum Gasteiger partial charge on any atom is 0.306 e. The first kappa shape index (κ1) is 24.4. The van der Waals surface area contributed by atoms with E-state index in [1.807, 2.05) is 55.6 Å². The second-order valence-corrected chi connectivity index (χ2v) is 10.7. The summed E-state index contributed by atoms with van der Waals surface area (Å²) in [7, 11) is 1.38. The van der Waals surface area contributed by atoms with Crippen molar-refractivity contribution in [2.45, 2.75) is 38.2 Å². The van der Waals surface area contributed by atoms with Crippen molar-refractivity contribution in [3.63, 3.8) is 0 Å². The predicted molar refractivity (Wildman–Crippen MR) is 142 cm³/mol. The largest absolute Gasteiger partial charge is 0.492 e. The van der Waals surface area contributed by atoms with Crippen LogP contribution in [0.25, 0.3) is 10.4 Å². The summed E-state index contributed by atoms with van der Waals surface area (Å²) in [6.07, 6.45) is 2.99. The Morgan fingerprint density at radius 1 is 1.13 bits per heavy atom. The number of aromatic nitrogens is 1. The molecular formula is C30H26FNO5S. The Bertz CT molecular complexity index is 1500. The Hall–Kier alpha value is -3.91. The van der Waals surface area contributed by atoms with Crippen molar-refractivity contribution in [1.82, 2.24) is 4.98 Å². The van der Waals surface area contributed by atoms with Gasteiger partial charge in [0.1, 0.15) is 34.9 Å². The number of methoxy groups -OCH3 is 1. The Balaban J connectivity index is 1.19. The molecule has 2 heterocycles. The Morgan fingerprint density at radius 3 is 2.71 bits per heavy atom. The van der Waals surface area contributed by atoms with Crippen LogP contribution < -0.4 is 14.2 Å². The molecule has 4 aromatic rings. The van der Waals surface area contributed by atoms with Crippen LogP contribution in [0.2, 0.25) is 0 Å². The van der Waals surface area contributed by atoms with E-state index in [1.54, 1.807) is 17.4 Å². The predicted octanol–water partition coefficient (Wildman–Crippen LogP) is 7.16. The minimum Gasteiger partial charge on any atom is -0.492 e. The van der Waals surface area contributed by atoms with Crippen LogP contribution in [0.5, 0.6) is 23.0 Å². The monoisotopic (exact) mass is 531 g/mol. The number of aryl methyl sites for hydroxylation is 1. The molecule has 8 heteroatoms. The van der Waals surface area contributed by atoms with Crippen molar-refractivity contribution < 1.29 is 28.1 Å². The van der Waals surface area contributed by atoms with E-state index < -0.39 is 6.10 Å². The summed E-state index contributed by atoms with van der Waals surface area (Å²) < 4.78 is 38.0. The highest BCUT2D eigenvalue weighted by molar-refractivity contribution is 7.15. The van der Waals surface area contributed by atoms with Crippen LogP contribution >= 0.6 is 11.3 Å². The van der Waals surface area contributed by atoms with Gasteiger partial charge in [-0.05, 0) is 67.8 Å². The highest BCUT2D eigenvalue weighted by Crippen LogP contribution is 2.44. The van der Waals surface area contributed by atoms with Gasteiger partial charge in [0.2, 0.25) is 0 Å². The first-order chi connectivity index (χ1) is 18.5. The lowest BCUT2D eigenvalue weighted by Gasteiger charge is -2.17. The van der Waals surface area contributed by atoms with Gasteiger partial charge < -0.3 is 18.9 Å². The van der Waals surface area contributed by atoms with Gasteiger partial charge in [-0.15, -0.1) is 11.3 Å². The first-order valence-corrected chi connectivity index (χ1v) is 13.3. The first-order valence-electron chi connectivity index (χ1n) is 12.5. The Morgan fingerprint density at radius 2 is 1.95 bits per heavy atom. The lowest BCUT2D eigenvalue weighted by molar-refractivity contribution is -0.141. The summed E-state index contributed by atoms with van der Waals surface area (Å²) in [5.41, 5.74) is 3.39. The zero-order valence-electron chi connectivity index (χ0n) is 21.0. The highest BCUT2D eigenvalue weighted by atomic mass is 32.1. The third-order valence-corrected chi connectivity index (χ3v) is 7.97. The average Bonchev–Trinajstić information content (AvgIpc) is 3.65. The number of carbonyl (C=O) groups is 1.